The van der Waals surface area contributed by atoms with Crippen LogP contribution in [0, 0.1) is 0 Å². The molecule has 1 aromatic carbocycles. The Labute approximate surface area is 110 Å². The van der Waals surface area contributed by atoms with Crippen LogP contribution in [0.1, 0.15) is 6.42 Å². The lowest BCUT2D eigenvalue weighted by atomic mass is 10.4. The molecule has 1 rings (SSSR count). The fraction of sp³-hybridized carbons (Fsp3) is 0.333. The molecule has 16 heavy (non-hydrogen) atoms. The highest BCUT2D eigenvalue weighted by atomic mass is 35.5. The van der Waals surface area contributed by atoms with E-state index in [0.29, 0.717) is 17.3 Å². The fourth-order valence-corrected chi connectivity index (χ4v) is 3.00. The second-order valence-electron chi connectivity index (χ2n) is 3.02. The van der Waals surface area contributed by atoms with Gasteiger partial charge in [0.05, 0.1) is 5.02 Å². The van der Waals surface area contributed by atoms with E-state index in [9.17, 15) is 8.42 Å². The summed E-state index contributed by atoms with van der Waals surface area (Å²) in [5, 5.41) is 0.463. The van der Waals surface area contributed by atoms with Crippen molar-refractivity contribution in [2.45, 2.75) is 11.3 Å². The van der Waals surface area contributed by atoms with Crippen LogP contribution in [0.15, 0.2) is 23.1 Å². The Morgan fingerprint density at radius 1 is 1.25 bits per heavy atom. The molecule has 0 fully saturated rings. The maximum atomic E-state index is 11.8. The molecule has 1 aromatic rings. The molecule has 0 saturated carbocycles. The maximum Gasteiger partial charge on any atom is 0.242 e. The van der Waals surface area contributed by atoms with Gasteiger partial charge >= 0.3 is 0 Å². The van der Waals surface area contributed by atoms with Crippen LogP contribution < -0.4 is 4.72 Å². The molecule has 0 radical (unpaired) electrons. The van der Waals surface area contributed by atoms with E-state index in [1.807, 2.05) is 0 Å². The number of alkyl halides is 1. The van der Waals surface area contributed by atoms with Gasteiger partial charge < -0.3 is 0 Å². The van der Waals surface area contributed by atoms with E-state index >= 15 is 0 Å². The van der Waals surface area contributed by atoms with Gasteiger partial charge in [-0.15, -0.1) is 11.6 Å². The van der Waals surface area contributed by atoms with Crippen molar-refractivity contribution in [3.8, 4) is 0 Å². The Morgan fingerprint density at radius 2 is 1.94 bits per heavy atom. The lowest BCUT2D eigenvalue weighted by Crippen LogP contribution is -2.25. The molecule has 0 aromatic heterocycles. The molecule has 0 aliphatic carbocycles. The highest BCUT2D eigenvalue weighted by molar-refractivity contribution is 7.89. The fourth-order valence-electron chi connectivity index (χ4n) is 1.03. The van der Waals surface area contributed by atoms with Gasteiger partial charge in [0.2, 0.25) is 10.0 Å². The number of rotatable bonds is 5. The van der Waals surface area contributed by atoms with Crippen LogP contribution in [-0.4, -0.2) is 20.8 Å². The summed E-state index contributed by atoms with van der Waals surface area (Å²) in [6.45, 7) is 0.272. The van der Waals surface area contributed by atoms with E-state index in [1.165, 1.54) is 18.2 Å². The number of hydrogen-bond acceptors (Lipinski definition) is 2. The quantitative estimate of drug-likeness (QED) is 0.671. The van der Waals surface area contributed by atoms with Crippen molar-refractivity contribution < 1.29 is 8.42 Å². The molecule has 0 saturated heterocycles. The number of nitrogens with one attached hydrogen (secondary N) is 1. The first kappa shape index (κ1) is 14.1. The van der Waals surface area contributed by atoms with Crippen LogP contribution in [-0.2, 0) is 10.0 Å². The first-order valence-electron chi connectivity index (χ1n) is 4.48. The van der Waals surface area contributed by atoms with Gasteiger partial charge in [-0.1, -0.05) is 23.2 Å². The largest absolute Gasteiger partial charge is 0.242 e. The summed E-state index contributed by atoms with van der Waals surface area (Å²) in [5.74, 6) is 0.395. The lowest BCUT2D eigenvalue weighted by molar-refractivity contribution is 0.581. The maximum absolute atomic E-state index is 11.8. The van der Waals surface area contributed by atoms with Crippen molar-refractivity contribution in [2.75, 3.05) is 12.4 Å². The standard InChI is InChI=1S/C9H10Cl3NO2S/c10-4-1-5-13-16(14,15)9-6-7(11)2-3-8(9)12/h2-3,6,13H,1,4-5H2. The van der Waals surface area contributed by atoms with E-state index in [4.69, 9.17) is 34.8 Å². The predicted octanol–water partition coefficient (Wildman–Crippen LogP) is 2.90. The van der Waals surface area contributed by atoms with Crippen molar-refractivity contribution in [1.82, 2.24) is 4.72 Å². The smallest absolute Gasteiger partial charge is 0.211 e. The number of halogens is 3. The summed E-state index contributed by atoms with van der Waals surface area (Å²) < 4.78 is 26.0. The second kappa shape index (κ2) is 6.07. The molecule has 3 nitrogen and oxygen atoms in total. The average molecular weight is 303 g/mol. The molecule has 0 amide bonds. The normalized spacial score (nSPS) is 11.7. The Hall–Kier alpha value is -0.000000000000000167. The zero-order valence-electron chi connectivity index (χ0n) is 8.21. The van der Waals surface area contributed by atoms with Crippen molar-refractivity contribution in [3.63, 3.8) is 0 Å². The molecular weight excluding hydrogens is 293 g/mol. The van der Waals surface area contributed by atoms with Gasteiger partial charge in [0.25, 0.3) is 0 Å². The molecule has 90 valence electrons. The van der Waals surface area contributed by atoms with E-state index in [-0.39, 0.29) is 16.5 Å². The highest BCUT2D eigenvalue weighted by Gasteiger charge is 2.17. The summed E-state index contributed by atoms with van der Waals surface area (Å²) >= 11 is 17.0. The SMILES string of the molecule is O=S(=O)(NCCCCl)c1cc(Cl)ccc1Cl. The molecule has 0 unspecified atom stereocenters. The molecule has 0 spiro atoms. The van der Waals surface area contributed by atoms with E-state index in [2.05, 4.69) is 4.72 Å². The second-order valence-corrected chi connectivity index (χ2v) is 5.97. The monoisotopic (exact) mass is 301 g/mol. The van der Waals surface area contributed by atoms with Gasteiger partial charge in [0, 0.05) is 17.4 Å². The minimum absolute atomic E-state index is 0.0174. The van der Waals surface area contributed by atoms with Gasteiger partial charge in [-0.05, 0) is 24.6 Å². The summed E-state index contributed by atoms with van der Waals surface area (Å²) in [5.41, 5.74) is 0. The van der Waals surface area contributed by atoms with Crippen LogP contribution in [0.3, 0.4) is 0 Å². The Morgan fingerprint density at radius 3 is 2.56 bits per heavy atom. The minimum Gasteiger partial charge on any atom is -0.211 e. The molecule has 7 heteroatoms. The molecule has 0 bridgehead atoms. The van der Waals surface area contributed by atoms with Gasteiger partial charge in [0.15, 0.2) is 0 Å². The minimum atomic E-state index is -3.61. The van der Waals surface area contributed by atoms with Crippen molar-refractivity contribution in [2.24, 2.45) is 0 Å². The Bertz CT molecular complexity index is 462. The van der Waals surface area contributed by atoms with Crippen LogP contribution in [0.5, 0.6) is 0 Å². The molecule has 0 heterocycles. The molecule has 0 atom stereocenters. The first-order chi connectivity index (χ1) is 7.47. The van der Waals surface area contributed by atoms with Crippen molar-refractivity contribution in [1.29, 1.82) is 0 Å². The van der Waals surface area contributed by atoms with E-state index < -0.39 is 10.0 Å². The van der Waals surface area contributed by atoms with Gasteiger partial charge in [-0.2, -0.15) is 0 Å². The van der Waals surface area contributed by atoms with Crippen LogP contribution in [0.2, 0.25) is 10.0 Å². The zero-order chi connectivity index (χ0) is 12.2. The topological polar surface area (TPSA) is 46.2 Å². The molecular formula is C9H10Cl3NO2S. The number of benzene rings is 1. The molecule has 1 N–H and O–H groups in total. The number of hydrogen-bond donors (Lipinski definition) is 1. The Balaban J connectivity index is 2.93. The zero-order valence-corrected chi connectivity index (χ0v) is 11.3. The van der Waals surface area contributed by atoms with Crippen molar-refractivity contribution in [3.05, 3.63) is 28.2 Å². The summed E-state index contributed by atoms with van der Waals surface area (Å²) in [6.07, 6.45) is 0.555. The molecule has 0 aliphatic rings. The van der Waals surface area contributed by atoms with Gasteiger partial charge in [0.1, 0.15) is 4.90 Å². The van der Waals surface area contributed by atoms with Crippen LogP contribution >= 0.6 is 34.8 Å². The Kier molecular flexibility index (Phi) is 5.34. The highest BCUT2D eigenvalue weighted by Crippen LogP contribution is 2.24. The first-order valence-corrected chi connectivity index (χ1v) is 7.25. The third kappa shape index (κ3) is 3.79. The molecule has 0 aliphatic heterocycles. The van der Waals surface area contributed by atoms with E-state index in [0.717, 1.165) is 0 Å². The summed E-state index contributed by atoms with van der Waals surface area (Å²) in [4.78, 5) is -0.0174. The summed E-state index contributed by atoms with van der Waals surface area (Å²) in [7, 11) is -3.61. The average Bonchev–Trinajstić information content (AvgIpc) is 2.22. The van der Waals surface area contributed by atoms with Crippen LogP contribution in [0.25, 0.3) is 0 Å². The lowest BCUT2D eigenvalue weighted by Gasteiger charge is -2.07. The third-order valence-corrected chi connectivity index (χ3v) is 4.23. The van der Waals surface area contributed by atoms with Crippen LogP contribution in [0.4, 0.5) is 0 Å². The third-order valence-electron chi connectivity index (χ3n) is 1.79. The van der Waals surface area contributed by atoms with Crippen molar-refractivity contribution >= 4 is 44.8 Å². The van der Waals surface area contributed by atoms with Gasteiger partial charge in [-0.25, -0.2) is 13.1 Å². The van der Waals surface area contributed by atoms with E-state index in [1.54, 1.807) is 0 Å². The van der Waals surface area contributed by atoms with Gasteiger partial charge in [-0.3, -0.25) is 0 Å². The predicted molar refractivity (Wildman–Crippen MR) is 67.0 cm³/mol. The summed E-state index contributed by atoms with van der Waals surface area (Å²) in [6, 6.07) is 4.29. The number of sulfonamides is 1.